The summed E-state index contributed by atoms with van der Waals surface area (Å²) in [6.45, 7) is 0.863. The van der Waals surface area contributed by atoms with Crippen LogP contribution in [-0.4, -0.2) is 16.5 Å². The van der Waals surface area contributed by atoms with E-state index in [1.807, 2.05) is 6.07 Å². The van der Waals surface area contributed by atoms with Crippen LogP contribution in [0.2, 0.25) is 0 Å². The Morgan fingerprint density at radius 1 is 1.09 bits per heavy atom. The normalized spacial score (nSPS) is 14.2. The molecule has 1 aliphatic carbocycles. The molecule has 5 heteroatoms. The van der Waals surface area contributed by atoms with Gasteiger partial charge < -0.3 is 10.6 Å². The summed E-state index contributed by atoms with van der Waals surface area (Å²) < 4.78 is 13.2. The Kier molecular flexibility index (Phi) is 5.19. The first-order chi connectivity index (χ1) is 11.3. The zero-order valence-electron chi connectivity index (χ0n) is 13.1. The van der Waals surface area contributed by atoms with Gasteiger partial charge in [-0.2, -0.15) is 0 Å². The minimum Gasteiger partial charge on any atom is -0.370 e. The van der Waals surface area contributed by atoms with Crippen LogP contribution in [0.1, 0.15) is 32.1 Å². The maximum Gasteiger partial charge on any atom is 0.135 e. The van der Waals surface area contributed by atoms with Gasteiger partial charge in [0.2, 0.25) is 0 Å². The largest absolute Gasteiger partial charge is 0.370 e. The van der Waals surface area contributed by atoms with Crippen LogP contribution >= 0.6 is 0 Å². The van der Waals surface area contributed by atoms with Gasteiger partial charge in [-0.15, -0.1) is 0 Å². The summed E-state index contributed by atoms with van der Waals surface area (Å²) in [6.07, 6.45) is 9.98. The molecule has 120 valence electrons. The maximum absolute atomic E-state index is 13.2. The fourth-order valence-corrected chi connectivity index (χ4v) is 2.72. The summed E-state index contributed by atoms with van der Waals surface area (Å²) >= 11 is 0. The molecule has 4 nitrogen and oxygen atoms in total. The molecule has 1 aromatic heterocycles. The Balaban J connectivity index is 1.55. The van der Waals surface area contributed by atoms with Gasteiger partial charge in [0.25, 0.3) is 0 Å². The van der Waals surface area contributed by atoms with Gasteiger partial charge in [-0.05, 0) is 50.3 Å². The monoisotopic (exact) mass is 312 g/mol. The van der Waals surface area contributed by atoms with Crippen molar-refractivity contribution >= 4 is 17.3 Å². The van der Waals surface area contributed by atoms with Crippen molar-refractivity contribution in [3.8, 4) is 0 Å². The summed E-state index contributed by atoms with van der Waals surface area (Å²) in [7, 11) is 0. The highest BCUT2D eigenvalue weighted by molar-refractivity contribution is 5.58. The van der Waals surface area contributed by atoms with E-state index in [-0.39, 0.29) is 5.82 Å². The quantitative estimate of drug-likeness (QED) is 0.762. The van der Waals surface area contributed by atoms with Crippen LogP contribution in [0.5, 0.6) is 0 Å². The van der Waals surface area contributed by atoms with E-state index in [4.69, 9.17) is 0 Å². The standard InChI is InChI=1S/C18H21FN4/c19-15-7-4-8-16(11-15)23-18-12-17(21-13-22-18)20-10-9-14-5-2-1-3-6-14/h4-5,7-8,11-13H,1-3,6,9-10H2,(H2,20,21,22,23). The summed E-state index contributed by atoms with van der Waals surface area (Å²) in [5.41, 5.74) is 2.21. The predicted molar refractivity (Wildman–Crippen MR) is 91.4 cm³/mol. The van der Waals surface area contributed by atoms with E-state index in [9.17, 15) is 4.39 Å². The van der Waals surface area contributed by atoms with Crippen molar-refractivity contribution in [2.24, 2.45) is 0 Å². The van der Waals surface area contributed by atoms with Crippen molar-refractivity contribution in [1.29, 1.82) is 0 Å². The molecule has 3 rings (SSSR count). The minimum absolute atomic E-state index is 0.275. The summed E-state index contributed by atoms with van der Waals surface area (Å²) in [5, 5.41) is 6.41. The summed E-state index contributed by atoms with van der Waals surface area (Å²) in [5.74, 6) is 1.14. The third-order valence-electron chi connectivity index (χ3n) is 3.90. The molecular weight excluding hydrogens is 291 g/mol. The Bertz CT molecular complexity index is 684. The smallest absolute Gasteiger partial charge is 0.135 e. The highest BCUT2D eigenvalue weighted by atomic mass is 19.1. The van der Waals surface area contributed by atoms with Gasteiger partial charge in [0.05, 0.1) is 0 Å². The topological polar surface area (TPSA) is 49.8 Å². The minimum atomic E-state index is -0.275. The number of nitrogens with zero attached hydrogens (tertiary/aromatic N) is 2. The number of rotatable bonds is 6. The average Bonchev–Trinajstić information content (AvgIpc) is 2.56. The van der Waals surface area contributed by atoms with Crippen LogP contribution in [0.4, 0.5) is 21.7 Å². The zero-order chi connectivity index (χ0) is 15.9. The fraction of sp³-hybridized carbons (Fsp3) is 0.333. The Morgan fingerprint density at radius 2 is 2.00 bits per heavy atom. The lowest BCUT2D eigenvalue weighted by Gasteiger charge is -2.13. The molecule has 0 saturated carbocycles. The van der Waals surface area contributed by atoms with Crippen molar-refractivity contribution in [2.45, 2.75) is 32.1 Å². The molecule has 2 aromatic rings. The van der Waals surface area contributed by atoms with Crippen LogP contribution in [-0.2, 0) is 0 Å². The number of hydrogen-bond acceptors (Lipinski definition) is 4. The van der Waals surface area contributed by atoms with Crippen molar-refractivity contribution in [1.82, 2.24) is 9.97 Å². The molecule has 1 aliphatic rings. The van der Waals surface area contributed by atoms with E-state index >= 15 is 0 Å². The van der Waals surface area contributed by atoms with Gasteiger partial charge in [-0.1, -0.05) is 17.7 Å². The van der Waals surface area contributed by atoms with Crippen molar-refractivity contribution in [3.05, 3.63) is 54.1 Å². The van der Waals surface area contributed by atoms with Gasteiger partial charge >= 0.3 is 0 Å². The van der Waals surface area contributed by atoms with Crippen LogP contribution in [0, 0.1) is 5.82 Å². The fourth-order valence-electron chi connectivity index (χ4n) is 2.72. The lowest BCUT2D eigenvalue weighted by atomic mass is 9.97. The second kappa shape index (κ2) is 7.72. The molecule has 0 bridgehead atoms. The van der Waals surface area contributed by atoms with Crippen molar-refractivity contribution in [2.75, 3.05) is 17.2 Å². The second-order valence-corrected chi connectivity index (χ2v) is 5.71. The van der Waals surface area contributed by atoms with Gasteiger partial charge in [0.15, 0.2) is 0 Å². The van der Waals surface area contributed by atoms with Gasteiger partial charge in [0, 0.05) is 18.3 Å². The molecule has 1 aromatic carbocycles. The third kappa shape index (κ3) is 4.77. The number of aromatic nitrogens is 2. The molecule has 0 fully saturated rings. The van der Waals surface area contributed by atoms with Crippen molar-refractivity contribution < 1.29 is 4.39 Å². The number of allylic oxidation sites excluding steroid dienone is 1. The van der Waals surface area contributed by atoms with Gasteiger partial charge in [-0.25, -0.2) is 14.4 Å². The van der Waals surface area contributed by atoms with Crippen LogP contribution in [0.15, 0.2) is 48.3 Å². The van der Waals surface area contributed by atoms with Crippen LogP contribution in [0.3, 0.4) is 0 Å². The van der Waals surface area contributed by atoms with E-state index in [1.54, 1.807) is 12.1 Å². The second-order valence-electron chi connectivity index (χ2n) is 5.71. The average molecular weight is 312 g/mol. The molecule has 0 spiro atoms. The maximum atomic E-state index is 13.2. The molecule has 0 radical (unpaired) electrons. The first-order valence-corrected chi connectivity index (χ1v) is 8.06. The number of hydrogen-bond donors (Lipinski definition) is 2. The van der Waals surface area contributed by atoms with E-state index in [0.29, 0.717) is 11.5 Å². The molecule has 0 amide bonds. The lowest BCUT2D eigenvalue weighted by molar-refractivity contribution is 0.628. The number of benzene rings is 1. The van der Waals surface area contributed by atoms with E-state index in [0.717, 1.165) is 18.8 Å². The summed E-state index contributed by atoms with van der Waals surface area (Å²) in [6, 6.07) is 8.15. The summed E-state index contributed by atoms with van der Waals surface area (Å²) in [4.78, 5) is 8.39. The molecule has 0 atom stereocenters. The Labute approximate surface area is 135 Å². The molecule has 23 heavy (non-hydrogen) atoms. The van der Waals surface area contributed by atoms with Gasteiger partial charge in [0.1, 0.15) is 23.8 Å². The van der Waals surface area contributed by atoms with Crippen LogP contribution < -0.4 is 10.6 Å². The zero-order valence-corrected chi connectivity index (χ0v) is 13.1. The third-order valence-corrected chi connectivity index (χ3v) is 3.90. The molecule has 1 heterocycles. The Morgan fingerprint density at radius 3 is 2.83 bits per heavy atom. The highest BCUT2D eigenvalue weighted by Gasteiger charge is 2.04. The van der Waals surface area contributed by atoms with Gasteiger partial charge in [-0.3, -0.25) is 0 Å². The number of nitrogens with one attached hydrogen (secondary N) is 2. The Hall–Kier alpha value is -2.43. The molecule has 0 aliphatic heterocycles. The lowest BCUT2D eigenvalue weighted by Crippen LogP contribution is -2.06. The molecule has 0 saturated heterocycles. The number of halogens is 1. The SMILES string of the molecule is Fc1cccc(Nc2cc(NCCC3=CCCCC3)ncn2)c1. The molecule has 0 unspecified atom stereocenters. The van der Waals surface area contributed by atoms with E-state index in [2.05, 4.69) is 26.7 Å². The highest BCUT2D eigenvalue weighted by Crippen LogP contribution is 2.20. The van der Waals surface area contributed by atoms with Crippen molar-refractivity contribution in [3.63, 3.8) is 0 Å². The first-order valence-electron chi connectivity index (χ1n) is 8.06. The molecular formula is C18H21FN4. The predicted octanol–water partition coefficient (Wildman–Crippen LogP) is 4.66. The first kappa shape index (κ1) is 15.5. The van der Waals surface area contributed by atoms with E-state index in [1.165, 1.54) is 49.7 Å². The van der Waals surface area contributed by atoms with E-state index < -0.39 is 0 Å². The molecule has 2 N–H and O–H groups in total. The number of anilines is 3. The van der Waals surface area contributed by atoms with Crippen LogP contribution in [0.25, 0.3) is 0 Å².